The molecule has 0 amide bonds. The average Bonchev–Trinajstić information content (AvgIpc) is 2.87. The van der Waals surface area contributed by atoms with Crippen LogP contribution >= 0.6 is 23.1 Å². The summed E-state index contributed by atoms with van der Waals surface area (Å²) in [6.07, 6.45) is 6.90. The highest BCUT2D eigenvalue weighted by Gasteiger charge is 2.25. The predicted octanol–water partition coefficient (Wildman–Crippen LogP) is 2.75. The summed E-state index contributed by atoms with van der Waals surface area (Å²) in [7, 11) is 0. The highest BCUT2D eigenvalue weighted by molar-refractivity contribution is 7.99. The molecule has 7 heteroatoms. The molecule has 1 aliphatic rings. The lowest BCUT2D eigenvalue weighted by molar-refractivity contribution is -0.380. The molecule has 0 aromatic carbocycles. The van der Waals surface area contributed by atoms with Crippen molar-refractivity contribution in [3.05, 3.63) is 16.3 Å². The second kappa shape index (κ2) is 5.01. The second-order valence-electron chi connectivity index (χ2n) is 3.77. The van der Waals surface area contributed by atoms with Crippen LogP contribution in [0.5, 0.6) is 0 Å². The molecular weight excluding hydrogens is 246 g/mol. The minimum absolute atomic E-state index is 0.0990. The van der Waals surface area contributed by atoms with Crippen LogP contribution in [0.2, 0.25) is 0 Å². The van der Waals surface area contributed by atoms with Crippen molar-refractivity contribution < 1.29 is 4.92 Å². The molecule has 5 nitrogen and oxygen atoms in total. The van der Waals surface area contributed by atoms with Gasteiger partial charge in [0.1, 0.15) is 6.20 Å². The van der Waals surface area contributed by atoms with Gasteiger partial charge in [0.2, 0.25) is 0 Å². The van der Waals surface area contributed by atoms with E-state index >= 15 is 0 Å². The van der Waals surface area contributed by atoms with E-state index in [0.717, 1.165) is 24.2 Å². The van der Waals surface area contributed by atoms with Gasteiger partial charge >= 0.3 is 5.00 Å². The fraction of sp³-hybridized carbons (Fsp3) is 0.667. The third-order valence-corrected chi connectivity index (χ3v) is 4.69. The Bertz CT molecular complexity index is 383. The molecular formula is C9H13N3O2S2. The molecule has 1 saturated carbocycles. The first-order valence-electron chi connectivity index (χ1n) is 5.08. The molecule has 1 fully saturated rings. The number of aromatic nitrogens is 1. The lowest BCUT2D eigenvalue weighted by atomic mass is 10.3. The van der Waals surface area contributed by atoms with E-state index in [1.165, 1.54) is 12.6 Å². The van der Waals surface area contributed by atoms with E-state index < -0.39 is 4.92 Å². The SMILES string of the molecule is CSC1CCC(Nc2ncc([N+](=O)[O-])s2)C1. The zero-order valence-corrected chi connectivity index (χ0v) is 10.5. The summed E-state index contributed by atoms with van der Waals surface area (Å²) < 4.78 is 0. The molecule has 2 rings (SSSR count). The Morgan fingerprint density at radius 3 is 3.06 bits per heavy atom. The zero-order chi connectivity index (χ0) is 11.5. The molecule has 0 radical (unpaired) electrons. The van der Waals surface area contributed by atoms with Crippen LogP contribution in [-0.2, 0) is 0 Å². The fourth-order valence-electron chi connectivity index (χ4n) is 1.88. The fourth-order valence-corrected chi connectivity index (χ4v) is 3.38. The van der Waals surface area contributed by atoms with Gasteiger partial charge < -0.3 is 5.32 Å². The monoisotopic (exact) mass is 259 g/mol. The summed E-state index contributed by atoms with van der Waals surface area (Å²) in [6, 6.07) is 0.420. The Morgan fingerprint density at radius 2 is 2.50 bits per heavy atom. The number of nitrogens with zero attached hydrogens (tertiary/aromatic N) is 2. The third-order valence-electron chi connectivity index (χ3n) is 2.72. The predicted molar refractivity (Wildman–Crippen MR) is 67.3 cm³/mol. The highest BCUT2D eigenvalue weighted by atomic mass is 32.2. The normalized spacial score (nSPS) is 24.6. The number of nitrogens with one attached hydrogen (secondary N) is 1. The molecule has 2 unspecified atom stereocenters. The number of thiazole rings is 1. The minimum Gasteiger partial charge on any atom is -0.359 e. The van der Waals surface area contributed by atoms with E-state index in [0.29, 0.717) is 16.4 Å². The molecule has 1 aromatic rings. The topological polar surface area (TPSA) is 68.1 Å². The quantitative estimate of drug-likeness (QED) is 0.665. The zero-order valence-electron chi connectivity index (χ0n) is 8.88. The third kappa shape index (κ3) is 2.65. The van der Waals surface area contributed by atoms with Gasteiger partial charge in [-0.2, -0.15) is 11.8 Å². The molecule has 1 aromatic heterocycles. The van der Waals surface area contributed by atoms with Gasteiger partial charge in [-0.25, -0.2) is 4.98 Å². The maximum atomic E-state index is 10.5. The van der Waals surface area contributed by atoms with Crippen LogP contribution < -0.4 is 5.32 Å². The Morgan fingerprint density at radius 1 is 1.69 bits per heavy atom. The number of thioether (sulfide) groups is 1. The summed E-state index contributed by atoms with van der Waals surface area (Å²) in [5.41, 5.74) is 0. The van der Waals surface area contributed by atoms with Gasteiger partial charge in [0, 0.05) is 11.3 Å². The van der Waals surface area contributed by atoms with Crippen LogP contribution in [0.3, 0.4) is 0 Å². The standard InChI is InChI=1S/C9H13N3O2S2/c1-15-7-3-2-6(4-7)11-9-10-5-8(16-9)12(13)14/h5-7H,2-4H2,1H3,(H,10,11). The molecule has 1 N–H and O–H groups in total. The van der Waals surface area contributed by atoms with Crippen molar-refractivity contribution in [1.29, 1.82) is 0 Å². The van der Waals surface area contributed by atoms with Crippen molar-refractivity contribution >= 4 is 33.2 Å². The Labute approximate surface area is 102 Å². The molecule has 0 spiro atoms. The smallest absolute Gasteiger partial charge is 0.345 e. The minimum atomic E-state index is -0.401. The van der Waals surface area contributed by atoms with E-state index in [4.69, 9.17) is 0 Å². The molecule has 88 valence electrons. The maximum absolute atomic E-state index is 10.5. The lowest BCUT2D eigenvalue weighted by Gasteiger charge is -2.10. The van der Waals surface area contributed by atoms with Crippen LogP contribution in [0.25, 0.3) is 0 Å². The Kier molecular flexibility index (Phi) is 3.65. The van der Waals surface area contributed by atoms with Crippen molar-refractivity contribution in [2.75, 3.05) is 11.6 Å². The van der Waals surface area contributed by atoms with Gasteiger partial charge in [0.05, 0.1) is 4.92 Å². The molecule has 2 atom stereocenters. The van der Waals surface area contributed by atoms with E-state index in [1.54, 1.807) is 0 Å². The first-order valence-corrected chi connectivity index (χ1v) is 7.19. The molecule has 1 heterocycles. The van der Waals surface area contributed by atoms with Gasteiger partial charge in [-0.3, -0.25) is 10.1 Å². The molecule has 0 bridgehead atoms. The first-order chi connectivity index (χ1) is 7.69. The summed E-state index contributed by atoms with van der Waals surface area (Å²) >= 11 is 3.00. The van der Waals surface area contributed by atoms with E-state index in [1.807, 2.05) is 11.8 Å². The van der Waals surface area contributed by atoms with Crippen molar-refractivity contribution in [3.8, 4) is 0 Å². The lowest BCUT2D eigenvalue weighted by Crippen LogP contribution is -2.15. The summed E-state index contributed by atoms with van der Waals surface area (Å²) in [5.74, 6) is 0. The van der Waals surface area contributed by atoms with E-state index in [2.05, 4.69) is 16.6 Å². The summed E-state index contributed by atoms with van der Waals surface area (Å²) in [4.78, 5) is 14.1. The second-order valence-corrected chi connectivity index (χ2v) is 5.92. The van der Waals surface area contributed by atoms with Crippen molar-refractivity contribution in [1.82, 2.24) is 4.98 Å². The number of hydrogen-bond acceptors (Lipinski definition) is 6. The van der Waals surface area contributed by atoms with Crippen LogP contribution in [-0.4, -0.2) is 27.5 Å². The van der Waals surface area contributed by atoms with Gasteiger partial charge in [-0.05, 0) is 36.9 Å². The van der Waals surface area contributed by atoms with Crippen LogP contribution in [0.15, 0.2) is 6.20 Å². The first kappa shape index (κ1) is 11.7. The molecule has 0 aliphatic heterocycles. The molecule has 1 aliphatic carbocycles. The van der Waals surface area contributed by atoms with Crippen molar-refractivity contribution in [3.63, 3.8) is 0 Å². The largest absolute Gasteiger partial charge is 0.359 e. The van der Waals surface area contributed by atoms with Crippen LogP contribution in [0.1, 0.15) is 19.3 Å². The maximum Gasteiger partial charge on any atom is 0.345 e. The van der Waals surface area contributed by atoms with Crippen molar-refractivity contribution in [2.45, 2.75) is 30.6 Å². The summed E-state index contributed by atoms with van der Waals surface area (Å²) in [5, 5.41) is 15.2. The van der Waals surface area contributed by atoms with Crippen LogP contribution in [0.4, 0.5) is 10.1 Å². The van der Waals surface area contributed by atoms with Gasteiger partial charge in [0.25, 0.3) is 0 Å². The number of anilines is 1. The van der Waals surface area contributed by atoms with Gasteiger partial charge in [-0.1, -0.05) is 0 Å². The Balaban J connectivity index is 1.92. The van der Waals surface area contributed by atoms with Gasteiger partial charge in [-0.15, -0.1) is 0 Å². The number of hydrogen-bond donors (Lipinski definition) is 1. The molecule has 0 saturated heterocycles. The Hall–Kier alpha value is -0.820. The van der Waals surface area contributed by atoms with Crippen LogP contribution in [0, 0.1) is 10.1 Å². The van der Waals surface area contributed by atoms with E-state index in [9.17, 15) is 10.1 Å². The average molecular weight is 259 g/mol. The van der Waals surface area contributed by atoms with Gasteiger partial charge in [0.15, 0.2) is 5.13 Å². The highest BCUT2D eigenvalue weighted by Crippen LogP contribution is 2.32. The van der Waals surface area contributed by atoms with Crippen molar-refractivity contribution in [2.24, 2.45) is 0 Å². The number of rotatable bonds is 4. The molecule has 16 heavy (non-hydrogen) atoms. The summed E-state index contributed by atoms with van der Waals surface area (Å²) in [6.45, 7) is 0. The van der Waals surface area contributed by atoms with E-state index in [-0.39, 0.29) is 5.00 Å². The number of nitro groups is 1.